The highest BCUT2D eigenvalue weighted by molar-refractivity contribution is 7.17. The number of thiophene rings is 2. The number of nitrogens with one attached hydrogen (secondary N) is 1. The summed E-state index contributed by atoms with van der Waals surface area (Å²) in [5.74, 6) is -0.607. The predicted molar refractivity (Wildman–Crippen MR) is 95.9 cm³/mol. The summed E-state index contributed by atoms with van der Waals surface area (Å²) >= 11 is 3.09. The predicted octanol–water partition coefficient (Wildman–Crippen LogP) is 3.91. The summed E-state index contributed by atoms with van der Waals surface area (Å²) in [6, 6.07) is 0. The van der Waals surface area contributed by atoms with Crippen molar-refractivity contribution in [2.24, 2.45) is 5.73 Å². The number of hydrogen-bond acceptors (Lipinski definition) is 4. The molecule has 4 nitrogen and oxygen atoms in total. The summed E-state index contributed by atoms with van der Waals surface area (Å²) in [6.45, 7) is 3.94. The molecule has 23 heavy (non-hydrogen) atoms. The van der Waals surface area contributed by atoms with E-state index in [0.29, 0.717) is 10.6 Å². The van der Waals surface area contributed by atoms with Gasteiger partial charge in [-0.3, -0.25) is 9.59 Å². The lowest BCUT2D eigenvalue weighted by Crippen LogP contribution is -2.18. The number of carbonyl (C=O) groups is 2. The molecule has 0 atom stereocenters. The van der Waals surface area contributed by atoms with E-state index in [0.717, 1.165) is 41.7 Å². The fourth-order valence-electron chi connectivity index (χ4n) is 3.21. The number of nitrogens with two attached hydrogens (primary N) is 1. The number of primary amides is 1. The van der Waals surface area contributed by atoms with Crippen molar-refractivity contribution in [3.8, 4) is 0 Å². The molecule has 0 bridgehead atoms. The van der Waals surface area contributed by atoms with Crippen molar-refractivity contribution in [1.29, 1.82) is 0 Å². The fraction of sp³-hybridized carbons (Fsp3) is 0.412. The molecule has 3 N–H and O–H groups in total. The van der Waals surface area contributed by atoms with Gasteiger partial charge in [-0.1, -0.05) is 6.92 Å². The highest BCUT2D eigenvalue weighted by Crippen LogP contribution is 2.35. The van der Waals surface area contributed by atoms with Crippen LogP contribution in [0.3, 0.4) is 0 Å². The van der Waals surface area contributed by atoms with E-state index in [1.54, 1.807) is 11.3 Å². The smallest absolute Gasteiger partial charge is 0.257 e. The van der Waals surface area contributed by atoms with Crippen LogP contribution in [-0.4, -0.2) is 11.8 Å². The monoisotopic (exact) mass is 348 g/mol. The Morgan fingerprint density at radius 3 is 2.74 bits per heavy atom. The Balaban J connectivity index is 1.92. The van der Waals surface area contributed by atoms with Crippen LogP contribution in [0.2, 0.25) is 0 Å². The Bertz CT molecular complexity index is 774. The first-order valence-electron chi connectivity index (χ1n) is 7.85. The van der Waals surface area contributed by atoms with Crippen LogP contribution in [0.4, 0.5) is 5.00 Å². The molecule has 0 saturated heterocycles. The normalized spacial score (nSPS) is 13.7. The minimum absolute atomic E-state index is 0.129. The van der Waals surface area contributed by atoms with Crippen molar-refractivity contribution >= 4 is 39.5 Å². The van der Waals surface area contributed by atoms with Crippen LogP contribution in [0.5, 0.6) is 0 Å². The van der Waals surface area contributed by atoms with Crippen molar-refractivity contribution in [3.05, 3.63) is 37.4 Å². The lowest BCUT2D eigenvalue weighted by molar-refractivity contribution is 0.100. The molecule has 2 aromatic heterocycles. The lowest BCUT2D eigenvalue weighted by atomic mass is 9.95. The van der Waals surface area contributed by atoms with Crippen molar-refractivity contribution in [2.45, 2.75) is 46.0 Å². The van der Waals surface area contributed by atoms with Crippen molar-refractivity contribution in [2.75, 3.05) is 5.32 Å². The molecule has 2 aromatic rings. The number of rotatable bonds is 4. The SMILES string of the molecule is CCc1c(C)sc(NC(=O)c2csc3c2CCCC3)c1C(N)=O. The molecule has 0 spiro atoms. The standard InChI is InChI=1S/C17H20N2O2S2/c1-3-10-9(2)23-17(14(10)15(18)20)19-16(21)12-8-22-13-7-5-4-6-11(12)13/h8H,3-7H2,1-2H3,(H2,18,20)(H,19,21). The van der Waals surface area contributed by atoms with Crippen molar-refractivity contribution < 1.29 is 9.59 Å². The zero-order valence-electron chi connectivity index (χ0n) is 13.3. The Morgan fingerprint density at radius 1 is 1.30 bits per heavy atom. The van der Waals surface area contributed by atoms with Gasteiger partial charge in [0.25, 0.3) is 11.8 Å². The second kappa shape index (κ2) is 6.45. The summed E-state index contributed by atoms with van der Waals surface area (Å²) in [7, 11) is 0. The van der Waals surface area contributed by atoms with E-state index in [-0.39, 0.29) is 5.91 Å². The molecule has 2 heterocycles. The molecular formula is C17H20N2O2S2. The molecule has 0 aliphatic heterocycles. The first-order valence-corrected chi connectivity index (χ1v) is 9.55. The minimum Gasteiger partial charge on any atom is -0.365 e. The Labute approximate surface area is 143 Å². The quantitative estimate of drug-likeness (QED) is 0.879. The average Bonchev–Trinajstić information content (AvgIpc) is 3.07. The van der Waals surface area contributed by atoms with Gasteiger partial charge < -0.3 is 11.1 Å². The third kappa shape index (κ3) is 2.93. The molecule has 0 unspecified atom stereocenters. The molecule has 1 aliphatic carbocycles. The third-order valence-electron chi connectivity index (χ3n) is 4.34. The van der Waals surface area contributed by atoms with Crippen LogP contribution >= 0.6 is 22.7 Å². The molecule has 0 saturated carbocycles. The van der Waals surface area contributed by atoms with Crippen LogP contribution in [0, 0.1) is 6.92 Å². The second-order valence-electron chi connectivity index (χ2n) is 5.77. The van der Waals surface area contributed by atoms with Crippen LogP contribution in [0.15, 0.2) is 5.38 Å². The summed E-state index contributed by atoms with van der Waals surface area (Å²) in [5, 5.41) is 5.44. The number of hydrogen-bond donors (Lipinski definition) is 2. The van der Waals surface area contributed by atoms with Gasteiger partial charge in [0.15, 0.2) is 0 Å². The highest BCUT2D eigenvalue weighted by atomic mass is 32.1. The second-order valence-corrected chi connectivity index (χ2v) is 7.96. The average molecular weight is 348 g/mol. The zero-order chi connectivity index (χ0) is 16.6. The van der Waals surface area contributed by atoms with Crippen molar-refractivity contribution in [1.82, 2.24) is 0 Å². The van der Waals surface area contributed by atoms with Crippen LogP contribution < -0.4 is 11.1 Å². The van der Waals surface area contributed by atoms with Gasteiger partial charge in [-0.05, 0) is 50.2 Å². The molecule has 0 radical (unpaired) electrons. The van der Waals surface area contributed by atoms with E-state index in [1.807, 2.05) is 19.2 Å². The number of carbonyl (C=O) groups excluding carboxylic acids is 2. The first-order chi connectivity index (χ1) is 11.0. The number of aryl methyl sites for hydroxylation is 2. The van der Waals surface area contributed by atoms with Gasteiger partial charge in [0, 0.05) is 15.1 Å². The van der Waals surface area contributed by atoms with E-state index in [9.17, 15) is 9.59 Å². The molecule has 1 aliphatic rings. The summed E-state index contributed by atoms with van der Waals surface area (Å²) in [5.41, 5.74) is 8.87. The number of anilines is 1. The lowest BCUT2D eigenvalue weighted by Gasteiger charge is -2.12. The van der Waals surface area contributed by atoms with Gasteiger partial charge in [-0.15, -0.1) is 22.7 Å². The van der Waals surface area contributed by atoms with E-state index in [2.05, 4.69) is 5.32 Å². The fourth-order valence-corrected chi connectivity index (χ4v) is 5.48. The van der Waals surface area contributed by atoms with Gasteiger partial charge >= 0.3 is 0 Å². The maximum Gasteiger partial charge on any atom is 0.257 e. The van der Waals surface area contributed by atoms with Gasteiger partial charge in [-0.2, -0.15) is 0 Å². The molecule has 2 amide bonds. The first kappa shape index (κ1) is 16.2. The maximum absolute atomic E-state index is 12.7. The topological polar surface area (TPSA) is 72.2 Å². The minimum atomic E-state index is -0.478. The largest absolute Gasteiger partial charge is 0.365 e. The molecule has 0 aromatic carbocycles. The third-order valence-corrected chi connectivity index (χ3v) is 6.49. The van der Waals surface area contributed by atoms with Crippen LogP contribution in [-0.2, 0) is 19.3 Å². The van der Waals surface area contributed by atoms with E-state index >= 15 is 0 Å². The highest BCUT2D eigenvalue weighted by Gasteiger charge is 2.24. The summed E-state index contributed by atoms with van der Waals surface area (Å²) in [6.07, 6.45) is 5.09. The van der Waals surface area contributed by atoms with Crippen molar-refractivity contribution in [3.63, 3.8) is 0 Å². The van der Waals surface area contributed by atoms with Gasteiger partial charge in [0.1, 0.15) is 5.00 Å². The molecular weight excluding hydrogens is 328 g/mol. The number of fused-ring (bicyclic) bond motifs is 1. The van der Waals surface area contributed by atoms with Gasteiger partial charge in [0.2, 0.25) is 0 Å². The molecule has 0 fully saturated rings. The molecule has 122 valence electrons. The summed E-state index contributed by atoms with van der Waals surface area (Å²) in [4.78, 5) is 26.8. The molecule has 6 heteroatoms. The Kier molecular flexibility index (Phi) is 4.55. The Morgan fingerprint density at radius 2 is 2.04 bits per heavy atom. The number of amides is 2. The maximum atomic E-state index is 12.7. The summed E-state index contributed by atoms with van der Waals surface area (Å²) < 4.78 is 0. The van der Waals surface area contributed by atoms with Gasteiger partial charge in [0.05, 0.1) is 11.1 Å². The van der Waals surface area contributed by atoms with E-state index in [1.165, 1.54) is 28.2 Å². The van der Waals surface area contributed by atoms with Crippen LogP contribution in [0.25, 0.3) is 0 Å². The Hall–Kier alpha value is -1.66. The molecule has 3 rings (SSSR count). The van der Waals surface area contributed by atoms with E-state index < -0.39 is 5.91 Å². The van der Waals surface area contributed by atoms with Gasteiger partial charge in [-0.25, -0.2) is 0 Å². The van der Waals surface area contributed by atoms with E-state index in [4.69, 9.17) is 5.73 Å². The zero-order valence-corrected chi connectivity index (χ0v) is 15.0. The van der Waals surface area contributed by atoms with Crippen LogP contribution in [0.1, 0.15) is 61.4 Å².